The van der Waals surface area contributed by atoms with Crippen LogP contribution in [0.1, 0.15) is 11.1 Å². The van der Waals surface area contributed by atoms with Gasteiger partial charge in [0.1, 0.15) is 5.75 Å². The Morgan fingerprint density at radius 2 is 1.70 bits per heavy atom. The quantitative estimate of drug-likeness (QED) is 0.453. The van der Waals surface area contributed by atoms with E-state index < -0.39 is 0 Å². The summed E-state index contributed by atoms with van der Waals surface area (Å²) in [5.74, 6) is 1.75. The van der Waals surface area contributed by atoms with Gasteiger partial charge in [0.2, 0.25) is 0 Å². The maximum atomic E-state index is 5.18. The van der Waals surface area contributed by atoms with Gasteiger partial charge in [-0.15, -0.1) is 24.0 Å². The highest BCUT2D eigenvalue weighted by atomic mass is 127. The van der Waals surface area contributed by atoms with Gasteiger partial charge >= 0.3 is 0 Å². The zero-order chi connectivity index (χ0) is 15.8. The second-order valence-electron chi connectivity index (χ2n) is 5.09. The molecule has 0 unspecified atom stereocenters. The first-order valence-corrected chi connectivity index (χ1v) is 7.31. The second-order valence-corrected chi connectivity index (χ2v) is 5.09. The van der Waals surface area contributed by atoms with Crippen molar-refractivity contribution in [2.24, 2.45) is 4.99 Å². The molecular weight excluding hydrogens is 401 g/mol. The van der Waals surface area contributed by atoms with E-state index in [0.717, 1.165) is 24.8 Å². The lowest BCUT2D eigenvalue weighted by molar-refractivity contribution is 0.414. The van der Waals surface area contributed by atoms with Gasteiger partial charge < -0.3 is 15.0 Å². The predicted octanol–water partition coefficient (Wildman–Crippen LogP) is 3.52. The first-order valence-electron chi connectivity index (χ1n) is 7.31. The minimum atomic E-state index is 0. The maximum Gasteiger partial charge on any atom is 0.193 e. The molecule has 2 aromatic rings. The topological polar surface area (TPSA) is 36.9 Å². The van der Waals surface area contributed by atoms with Gasteiger partial charge in [-0.25, -0.2) is 0 Å². The van der Waals surface area contributed by atoms with E-state index in [1.165, 1.54) is 11.1 Å². The molecule has 0 aromatic heterocycles. The lowest BCUT2D eigenvalue weighted by Crippen LogP contribution is -2.38. The monoisotopic (exact) mass is 425 g/mol. The van der Waals surface area contributed by atoms with Gasteiger partial charge in [0.15, 0.2) is 5.96 Å². The number of rotatable bonds is 5. The number of ether oxygens (including phenoxy) is 1. The zero-order valence-electron chi connectivity index (χ0n) is 13.8. The van der Waals surface area contributed by atoms with E-state index in [2.05, 4.69) is 39.5 Å². The molecule has 0 bridgehead atoms. The van der Waals surface area contributed by atoms with Crippen molar-refractivity contribution in [1.82, 2.24) is 10.2 Å². The van der Waals surface area contributed by atoms with Crippen LogP contribution in [0.5, 0.6) is 5.75 Å². The Balaban J connectivity index is 0.00000264. The number of nitrogens with one attached hydrogen (secondary N) is 1. The molecule has 0 atom stereocenters. The highest BCUT2D eigenvalue weighted by Crippen LogP contribution is 2.12. The van der Waals surface area contributed by atoms with E-state index in [-0.39, 0.29) is 24.0 Å². The molecule has 0 saturated heterocycles. The third-order valence-electron chi connectivity index (χ3n) is 3.45. The molecule has 0 aliphatic carbocycles. The molecule has 0 fully saturated rings. The number of benzene rings is 2. The maximum absolute atomic E-state index is 5.18. The summed E-state index contributed by atoms with van der Waals surface area (Å²) in [5.41, 5.74) is 2.45. The highest BCUT2D eigenvalue weighted by Gasteiger charge is 2.06. The number of hydrogen-bond acceptors (Lipinski definition) is 2. The number of hydrogen-bond donors (Lipinski definition) is 1. The predicted molar refractivity (Wildman–Crippen MR) is 107 cm³/mol. The van der Waals surface area contributed by atoms with Crippen LogP contribution in [0.2, 0.25) is 0 Å². The molecule has 4 nitrogen and oxygen atoms in total. The number of nitrogens with zero attached hydrogens (tertiary/aromatic N) is 2. The van der Waals surface area contributed by atoms with Crippen LogP contribution in [-0.2, 0) is 13.1 Å². The first kappa shape index (κ1) is 19.3. The fraction of sp³-hybridized carbons (Fsp3) is 0.278. The number of guanidine groups is 1. The Bertz CT molecular complexity index is 599. The van der Waals surface area contributed by atoms with Gasteiger partial charge in [0.05, 0.1) is 7.11 Å². The van der Waals surface area contributed by atoms with Crippen LogP contribution in [0.25, 0.3) is 0 Å². The van der Waals surface area contributed by atoms with Crippen LogP contribution < -0.4 is 10.1 Å². The Hall–Kier alpha value is -1.76. The lowest BCUT2D eigenvalue weighted by Gasteiger charge is -2.22. The summed E-state index contributed by atoms with van der Waals surface area (Å²) in [6, 6.07) is 18.4. The molecule has 0 heterocycles. The molecule has 0 aliphatic rings. The van der Waals surface area contributed by atoms with E-state index in [9.17, 15) is 0 Å². The summed E-state index contributed by atoms with van der Waals surface area (Å²) in [4.78, 5) is 6.44. The Morgan fingerprint density at radius 3 is 2.26 bits per heavy atom. The molecule has 2 aromatic carbocycles. The fourth-order valence-electron chi connectivity index (χ4n) is 2.24. The van der Waals surface area contributed by atoms with Crippen molar-refractivity contribution in [3.63, 3.8) is 0 Å². The van der Waals surface area contributed by atoms with Gasteiger partial charge in [-0.2, -0.15) is 0 Å². The summed E-state index contributed by atoms with van der Waals surface area (Å²) in [7, 11) is 5.51. The summed E-state index contributed by atoms with van der Waals surface area (Å²) < 4.78 is 5.18. The summed E-state index contributed by atoms with van der Waals surface area (Å²) in [6.45, 7) is 1.55. The van der Waals surface area contributed by atoms with Crippen LogP contribution in [0, 0.1) is 0 Å². The Kier molecular flexibility index (Phi) is 8.47. The number of halogens is 1. The Morgan fingerprint density at radius 1 is 1.04 bits per heavy atom. The standard InChI is InChI=1S/C18H23N3O.HI/c1-19-18(20-13-15-7-5-4-6-8-15)21(2)14-16-9-11-17(22-3)12-10-16;/h4-12H,13-14H2,1-3H3,(H,19,20);1H. The van der Waals surface area contributed by atoms with Crippen molar-refractivity contribution in [1.29, 1.82) is 0 Å². The van der Waals surface area contributed by atoms with Gasteiger partial charge in [-0.1, -0.05) is 42.5 Å². The van der Waals surface area contributed by atoms with Crippen LogP contribution >= 0.6 is 24.0 Å². The third-order valence-corrected chi connectivity index (χ3v) is 3.45. The van der Waals surface area contributed by atoms with Crippen molar-refractivity contribution in [2.75, 3.05) is 21.2 Å². The first-order chi connectivity index (χ1) is 10.7. The third kappa shape index (κ3) is 6.09. The SMILES string of the molecule is CN=C(NCc1ccccc1)N(C)Cc1ccc(OC)cc1.I. The van der Waals surface area contributed by atoms with Gasteiger partial charge in [0.25, 0.3) is 0 Å². The molecule has 23 heavy (non-hydrogen) atoms. The average molecular weight is 425 g/mol. The molecule has 124 valence electrons. The van der Waals surface area contributed by atoms with E-state index >= 15 is 0 Å². The molecule has 2 rings (SSSR count). The van der Waals surface area contributed by atoms with Crippen molar-refractivity contribution < 1.29 is 4.74 Å². The van der Waals surface area contributed by atoms with Gasteiger partial charge in [0, 0.05) is 27.2 Å². The minimum absolute atomic E-state index is 0. The molecule has 0 radical (unpaired) electrons. The fourth-order valence-corrected chi connectivity index (χ4v) is 2.24. The van der Waals surface area contributed by atoms with Gasteiger partial charge in [-0.3, -0.25) is 4.99 Å². The van der Waals surface area contributed by atoms with E-state index in [4.69, 9.17) is 4.74 Å². The molecule has 0 saturated carbocycles. The van der Waals surface area contributed by atoms with Crippen molar-refractivity contribution in [3.8, 4) is 5.75 Å². The normalized spacial score (nSPS) is 10.7. The minimum Gasteiger partial charge on any atom is -0.497 e. The van der Waals surface area contributed by atoms with Crippen molar-refractivity contribution in [2.45, 2.75) is 13.1 Å². The molecule has 0 spiro atoms. The molecule has 5 heteroatoms. The van der Waals surface area contributed by atoms with Crippen LogP contribution in [0.3, 0.4) is 0 Å². The van der Waals surface area contributed by atoms with E-state index in [1.807, 2.05) is 37.4 Å². The van der Waals surface area contributed by atoms with Crippen LogP contribution in [0.15, 0.2) is 59.6 Å². The summed E-state index contributed by atoms with van der Waals surface area (Å²) in [6.07, 6.45) is 0. The summed E-state index contributed by atoms with van der Waals surface area (Å²) in [5, 5.41) is 3.38. The Labute approximate surface area is 155 Å². The van der Waals surface area contributed by atoms with Crippen LogP contribution in [0.4, 0.5) is 0 Å². The number of aliphatic imine (C=N–C) groups is 1. The van der Waals surface area contributed by atoms with Gasteiger partial charge in [-0.05, 0) is 23.3 Å². The van der Waals surface area contributed by atoms with E-state index in [1.54, 1.807) is 14.2 Å². The van der Waals surface area contributed by atoms with E-state index in [0.29, 0.717) is 0 Å². The molecule has 0 aliphatic heterocycles. The zero-order valence-corrected chi connectivity index (χ0v) is 16.2. The molecule has 1 N–H and O–H groups in total. The molecule has 0 amide bonds. The number of methoxy groups -OCH3 is 1. The van der Waals surface area contributed by atoms with Crippen molar-refractivity contribution in [3.05, 3.63) is 65.7 Å². The summed E-state index contributed by atoms with van der Waals surface area (Å²) >= 11 is 0. The highest BCUT2D eigenvalue weighted by molar-refractivity contribution is 14.0. The lowest BCUT2D eigenvalue weighted by atomic mass is 10.2. The van der Waals surface area contributed by atoms with Crippen LogP contribution in [-0.4, -0.2) is 32.1 Å². The smallest absolute Gasteiger partial charge is 0.193 e. The van der Waals surface area contributed by atoms with Crippen molar-refractivity contribution >= 4 is 29.9 Å². The largest absolute Gasteiger partial charge is 0.497 e. The molecular formula is C18H24IN3O. The second kappa shape index (κ2) is 10.1. The average Bonchev–Trinajstić information content (AvgIpc) is 2.57.